The first kappa shape index (κ1) is 14.9. The van der Waals surface area contributed by atoms with E-state index in [9.17, 15) is 0 Å². The summed E-state index contributed by atoms with van der Waals surface area (Å²) in [6.07, 6.45) is 0. The topological polar surface area (TPSA) is 44.5 Å². The number of nitrogens with two attached hydrogens (primary N) is 1. The van der Waals surface area contributed by atoms with Gasteiger partial charge in [-0.05, 0) is 35.4 Å². The molecule has 0 radical (unpaired) electrons. The van der Waals surface area contributed by atoms with Gasteiger partial charge in [-0.25, -0.2) is 0 Å². The summed E-state index contributed by atoms with van der Waals surface area (Å²) in [6, 6.07) is 15.4. The Kier molecular flexibility index (Phi) is 5.87. The van der Waals surface area contributed by atoms with Gasteiger partial charge in [0.05, 0.1) is 13.2 Å². The van der Waals surface area contributed by atoms with Crippen LogP contribution in [0, 0.1) is 0 Å². The van der Waals surface area contributed by atoms with Gasteiger partial charge in [0.15, 0.2) is 0 Å². The Morgan fingerprint density at radius 3 is 2.50 bits per heavy atom. The third-order valence-electron chi connectivity index (χ3n) is 2.81. The van der Waals surface area contributed by atoms with Crippen LogP contribution >= 0.6 is 11.6 Å². The van der Waals surface area contributed by atoms with Crippen molar-refractivity contribution in [2.75, 3.05) is 13.2 Å². The molecule has 0 amide bonds. The van der Waals surface area contributed by atoms with E-state index in [1.165, 1.54) is 0 Å². The number of hydrogen-bond donors (Lipinski definition) is 1. The van der Waals surface area contributed by atoms with E-state index in [0.29, 0.717) is 26.4 Å². The van der Waals surface area contributed by atoms with Crippen molar-refractivity contribution in [2.24, 2.45) is 5.73 Å². The molecular formula is C16H18ClNO2. The van der Waals surface area contributed by atoms with Crippen LogP contribution < -0.4 is 10.5 Å². The summed E-state index contributed by atoms with van der Waals surface area (Å²) < 4.78 is 11.1. The predicted molar refractivity (Wildman–Crippen MR) is 80.9 cm³/mol. The molecule has 106 valence electrons. The molecule has 4 heteroatoms. The number of benzene rings is 2. The van der Waals surface area contributed by atoms with E-state index in [2.05, 4.69) is 0 Å². The van der Waals surface area contributed by atoms with Crippen LogP contribution in [0.15, 0.2) is 48.5 Å². The summed E-state index contributed by atoms with van der Waals surface area (Å²) in [4.78, 5) is 0. The number of hydrogen-bond acceptors (Lipinski definition) is 3. The van der Waals surface area contributed by atoms with Crippen LogP contribution in [0.25, 0.3) is 0 Å². The molecule has 0 aliphatic heterocycles. The van der Waals surface area contributed by atoms with Gasteiger partial charge < -0.3 is 15.2 Å². The number of ether oxygens (including phenoxy) is 2. The number of halogens is 1. The molecule has 0 aromatic heterocycles. The summed E-state index contributed by atoms with van der Waals surface area (Å²) in [7, 11) is 0. The van der Waals surface area contributed by atoms with Crippen molar-refractivity contribution in [3.8, 4) is 5.75 Å². The zero-order valence-electron chi connectivity index (χ0n) is 11.2. The normalized spacial score (nSPS) is 10.5. The van der Waals surface area contributed by atoms with Gasteiger partial charge in [0.25, 0.3) is 0 Å². The highest BCUT2D eigenvalue weighted by Crippen LogP contribution is 2.13. The zero-order valence-corrected chi connectivity index (χ0v) is 12.0. The minimum atomic E-state index is 0.515. The smallest absolute Gasteiger partial charge is 0.119 e. The van der Waals surface area contributed by atoms with Gasteiger partial charge in [-0.2, -0.15) is 0 Å². The lowest BCUT2D eigenvalue weighted by atomic mass is 10.2. The van der Waals surface area contributed by atoms with E-state index in [1.807, 2.05) is 48.5 Å². The molecule has 0 aliphatic carbocycles. The van der Waals surface area contributed by atoms with Gasteiger partial charge in [0.2, 0.25) is 0 Å². The SMILES string of the molecule is NCc1cccc(OCCOCc2ccc(Cl)cc2)c1. The maximum atomic E-state index is 5.82. The van der Waals surface area contributed by atoms with Crippen molar-refractivity contribution in [3.05, 3.63) is 64.7 Å². The molecule has 0 saturated carbocycles. The molecule has 0 fully saturated rings. The van der Waals surface area contributed by atoms with Gasteiger partial charge in [0, 0.05) is 11.6 Å². The Morgan fingerprint density at radius 1 is 0.950 bits per heavy atom. The van der Waals surface area contributed by atoms with E-state index in [0.717, 1.165) is 21.9 Å². The van der Waals surface area contributed by atoms with Crippen molar-refractivity contribution in [2.45, 2.75) is 13.2 Å². The van der Waals surface area contributed by atoms with Gasteiger partial charge in [-0.3, -0.25) is 0 Å². The van der Waals surface area contributed by atoms with Crippen molar-refractivity contribution < 1.29 is 9.47 Å². The highest BCUT2D eigenvalue weighted by molar-refractivity contribution is 6.30. The summed E-state index contributed by atoms with van der Waals surface area (Å²) in [5.74, 6) is 0.822. The summed E-state index contributed by atoms with van der Waals surface area (Å²) >= 11 is 5.82. The lowest BCUT2D eigenvalue weighted by Gasteiger charge is -2.08. The average Bonchev–Trinajstić information content (AvgIpc) is 2.49. The third kappa shape index (κ3) is 4.85. The first-order chi connectivity index (χ1) is 9.78. The highest BCUT2D eigenvalue weighted by Gasteiger charge is 1.97. The van der Waals surface area contributed by atoms with Crippen molar-refractivity contribution in [1.82, 2.24) is 0 Å². The Labute approximate surface area is 124 Å². The Balaban J connectivity index is 1.67. The predicted octanol–water partition coefficient (Wildman–Crippen LogP) is 3.39. The lowest BCUT2D eigenvalue weighted by molar-refractivity contribution is 0.0889. The number of rotatable bonds is 7. The summed E-state index contributed by atoms with van der Waals surface area (Å²) in [5, 5.41) is 0.733. The maximum absolute atomic E-state index is 5.82. The summed E-state index contributed by atoms with van der Waals surface area (Å²) in [6.45, 7) is 2.13. The zero-order chi connectivity index (χ0) is 14.2. The second-order valence-electron chi connectivity index (χ2n) is 4.38. The van der Waals surface area contributed by atoms with E-state index in [4.69, 9.17) is 26.8 Å². The molecule has 2 aromatic carbocycles. The van der Waals surface area contributed by atoms with Crippen molar-refractivity contribution in [3.63, 3.8) is 0 Å². The molecule has 0 atom stereocenters. The first-order valence-corrected chi connectivity index (χ1v) is 6.90. The Bertz CT molecular complexity index is 528. The third-order valence-corrected chi connectivity index (χ3v) is 3.06. The standard InChI is InChI=1S/C16H18ClNO2/c17-15-6-4-13(5-7-15)12-19-8-9-20-16-3-1-2-14(10-16)11-18/h1-7,10H,8-9,11-12,18H2. The minimum Gasteiger partial charge on any atom is -0.491 e. The van der Waals surface area contributed by atoms with Crippen LogP contribution in [0.4, 0.5) is 0 Å². The van der Waals surface area contributed by atoms with Gasteiger partial charge in [0.1, 0.15) is 12.4 Å². The fourth-order valence-corrected chi connectivity index (χ4v) is 1.88. The van der Waals surface area contributed by atoms with Crippen LogP contribution in [0.1, 0.15) is 11.1 Å². The molecule has 0 heterocycles. The van der Waals surface area contributed by atoms with Crippen LogP contribution in [0.2, 0.25) is 5.02 Å². The molecule has 20 heavy (non-hydrogen) atoms. The molecular weight excluding hydrogens is 274 g/mol. The molecule has 2 rings (SSSR count). The van der Waals surface area contributed by atoms with E-state index >= 15 is 0 Å². The minimum absolute atomic E-state index is 0.515. The van der Waals surface area contributed by atoms with Crippen LogP contribution in [0.3, 0.4) is 0 Å². The molecule has 0 spiro atoms. The van der Waals surface area contributed by atoms with E-state index in [-0.39, 0.29) is 0 Å². The molecule has 2 N–H and O–H groups in total. The highest BCUT2D eigenvalue weighted by atomic mass is 35.5. The molecule has 2 aromatic rings. The molecule has 0 bridgehead atoms. The quantitative estimate of drug-likeness (QED) is 0.795. The second-order valence-corrected chi connectivity index (χ2v) is 4.82. The Morgan fingerprint density at radius 2 is 1.75 bits per heavy atom. The van der Waals surface area contributed by atoms with Crippen LogP contribution in [-0.4, -0.2) is 13.2 Å². The van der Waals surface area contributed by atoms with Gasteiger partial charge in [-0.1, -0.05) is 35.9 Å². The Hall–Kier alpha value is -1.55. The monoisotopic (exact) mass is 291 g/mol. The maximum Gasteiger partial charge on any atom is 0.119 e. The van der Waals surface area contributed by atoms with Crippen molar-refractivity contribution >= 4 is 11.6 Å². The van der Waals surface area contributed by atoms with Crippen LogP contribution in [-0.2, 0) is 17.9 Å². The fourth-order valence-electron chi connectivity index (χ4n) is 1.75. The first-order valence-electron chi connectivity index (χ1n) is 6.52. The molecule has 0 saturated heterocycles. The van der Waals surface area contributed by atoms with E-state index in [1.54, 1.807) is 0 Å². The van der Waals surface area contributed by atoms with Gasteiger partial charge >= 0.3 is 0 Å². The lowest BCUT2D eigenvalue weighted by Crippen LogP contribution is -2.07. The molecule has 0 unspecified atom stereocenters. The largest absolute Gasteiger partial charge is 0.491 e. The summed E-state index contributed by atoms with van der Waals surface area (Å²) in [5.41, 5.74) is 7.74. The molecule has 0 aliphatic rings. The van der Waals surface area contributed by atoms with Crippen molar-refractivity contribution in [1.29, 1.82) is 0 Å². The van der Waals surface area contributed by atoms with Crippen LogP contribution in [0.5, 0.6) is 5.75 Å². The van der Waals surface area contributed by atoms with E-state index < -0.39 is 0 Å². The van der Waals surface area contributed by atoms with Gasteiger partial charge in [-0.15, -0.1) is 0 Å². The average molecular weight is 292 g/mol. The second kappa shape index (κ2) is 7.90. The molecule has 3 nitrogen and oxygen atoms in total. The fraction of sp³-hybridized carbons (Fsp3) is 0.250.